The summed E-state index contributed by atoms with van der Waals surface area (Å²) in [4.78, 5) is 42.7. The maximum atomic E-state index is 12.2. The van der Waals surface area contributed by atoms with Crippen LogP contribution in [0.3, 0.4) is 0 Å². The van der Waals surface area contributed by atoms with Crippen molar-refractivity contribution in [2.45, 2.75) is 19.0 Å². The Morgan fingerprint density at radius 1 is 1.15 bits per heavy atom. The number of hydrogen-bond donors (Lipinski definition) is 4. The maximum absolute atomic E-state index is 12.2. The lowest BCUT2D eigenvalue weighted by molar-refractivity contribution is -0.143. The largest absolute Gasteiger partial charge is 0.480 e. The summed E-state index contributed by atoms with van der Waals surface area (Å²) < 4.78 is 0. The van der Waals surface area contributed by atoms with Gasteiger partial charge in [-0.2, -0.15) is 0 Å². The van der Waals surface area contributed by atoms with E-state index in [-0.39, 0.29) is 26.1 Å². The van der Waals surface area contributed by atoms with Crippen LogP contribution in [-0.4, -0.2) is 62.1 Å². The molecule has 0 saturated heterocycles. The first-order valence-corrected chi connectivity index (χ1v) is 7.91. The molecule has 0 fully saturated rings. The summed E-state index contributed by atoms with van der Waals surface area (Å²) in [5, 5.41) is 20.7. The van der Waals surface area contributed by atoms with Gasteiger partial charge in [-0.3, -0.25) is 14.5 Å². The molecule has 0 aliphatic rings. The molecule has 0 spiro atoms. The Hall–Kier alpha value is -3.20. The predicted octanol–water partition coefficient (Wildman–Crippen LogP) is 0.108. The zero-order valence-electron chi connectivity index (χ0n) is 14.0. The van der Waals surface area contributed by atoms with Crippen molar-refractivity contribution in [3.63, 3.8) is 0 Å². The van der Waals surface area contributed by atoms with E-state index >= 15 is 0 Å². The van der Waals surface area contributed by atoms with Crippen molar-refractivity contribution in [2.24, 2.45) is 0 Å². The number of nitrogens with zero attached hydrogens (tertiary/aromatic N) is 2. The SMILES string of the molecule is O=C(O)CN(CC(=O)NC(Cc1cnc[nH]1)C(=O)O)Cc1ccccc1. The molecule has 0 aliphatic carbocycles. The third kappa shape index (κ3) is 6.36. The molecule has 2 aromatic rings. The molecule has 138 valence electrons. The molecule has 0 radical (unpaired) electrons. The van der Waals surface area contributed by atoms with Crippen LogP contribution in [-0.2, 0) is 27.3 Å². The average molecular weight is 360 g/mol. The predicted molar refractivity (Wildman–Crippen MR) is 91.2 cm³/mol. The summed E-state index contributed by atoms with van der Waals surface area (Å²) in [6.45, 7) is -0.298. The van der Waals surface area contributed by atoms with Crippen molar-refractivity contribution in [3.05, 3.63) is 54.1 Å². The maximum Gasteiger partial charge on any atom is 0.326 e. The van der Waals surface area contributed by atoms with Crippen LogP contribution in [0.25, 0.3) is 0 Å². The van der Waals surface area contributed by atoms with E-state index in [2.05, 4.69) is 15.3 Å². The minimum absolute atomic E-state index is 0.0543. The topological polar surface area (TPSA) is 136 Å². The van der Waals surface area contributed by atoms with E-state index in [0.29, 0.717) is 5.69 Å². The van der Waals surface area contributed by atoms with Crippen LogP contribution in [0.15, 0.2) is 42.9 Å². The number of rotatable bonds is 10. The molecule has 1 atom stereocenters. The Balaban J connectivity index is 1.97. The van der Waals surface area contributed by atoms with Gasteiger partial charge < -0.3 is 20.5 Å². The zero-order chi connectivity index (χ0) is 18.9. The summed E-state index contributed by atoms with van der Waals surface area (Å²) >= 11 is 0. The summed E-state index contributed by atoms with van der Waals surface area (Å²) in [5.74, 6) is -2.81. The second kappa shape index (κ2) is 9.33. The molecule has 26 heavy (non-hydrogen) atoms. The molecule has 1 aromatic heterocycles. The first kappa shape index (κ1) is 19.1. The van der Waals surface area contributed by atoms with Crippen molar-refractivity contribution in [1.29, 1.82) is 0 Å². The van der Waals surface area contributed by atoms with Gasteiger partial charge in [-0.15, -0.1) is 0 Å². The molecule has 9 nitrogen and oxygen atoms in total. The van der Waals surface area contributed by atoms with Gasteiger partial charge in [0.05, 0.1) is 19.4 Å². The number of carbonyl (C=O) groups is 3. The number of benzene rings is 1. The van der Waals surface area contributed by atoms with Gasteiger partial charge in [0.1, 0.15) is 6.04 Å². The van der Waals surface area contributed by atoms with Crippen LogP contribution in [0.4, 0.5) is 0 Å². The fraction of sp³-hybridized carbons (Fsp3) is 0.294. The second-order valence-electron chi connectivity index (χ2n) is 5.76. The standard InChI is InChI=1S/C17H20N4O5/c22-15(20-14(17(25)26)6-13-7-18-11-19-13)9-21(10-16(23)24)8-12-4-2-1-3-5-12/h1-5,7,11,14H,6,8-10H2,(H,18,19)(H,20,22)(H,23,24)(H,25,26). The van der Waals surface area contributed by atoms with Gasteiger partial charge in [0.25, 0.3) is 0 Å². The highest BCUT2D eigenvalue weighted by Crippen LogP contribution is 2.05. The Kier molecular flexibility index (Phi) is 6.86. The monoisotopic (exact) mass is 360 g/mol. The van der Waals surface area contributed by atoms with Crippen LogP contribution in [0, 0.1) is 0 Å². The number of carboxylic acid groups (broad SMARTS) is 2. The van der Waals surface area contributed by atoms with Crippen molar-refractivity contribution in [3.8, 4) is 0 Å². The summed E-state index contributed by atoms with van der Waals surface area (Å²) in [7, 11) is 0. The van der Waals surface area contributed by atoms with E-state index in [4.69, 9.17) is 5.11 Å². The third-order valence-electron chi connectivity index (χ3n) is 3.59. The van der Waals surface area contributed by atoms with Crippen molar-refractivity contribution in [2.75, 3.05) is 13.1 Å². The van der Waals surface area contributed by atoms with Crippen molar-refractivity contribution in [1.82, 2.24) is 20.2 Å². The van der Waals surface area contributed by atoms with E-state index in [1.54, 1.807) is 0 Å². The van der Waals surface area contributed by atoms with Crippen LogP contribution < -0.4 is 5.32 Å². The Morgan fingerprint density at radius 3 is 2.46 bits per heavy atom. The molecular weight excluding hydrogens is 340 g/mol. The van der Waals surface area contributed by atoms with Crippen molar-refractivity contribution < 1.29 is 24.6 Å². The summed E-state index contributed by atoms with van der Waals surface area (Å²) in [5.41, 5.74) is 1.43. The summed E-state index contributed by atoms with van der Waals surface area (Å²) in [6.07, 6.45) is 2.96. The number of nitrogens with one attached hydrogen (secondary N) is 2. The highest BCUT2D eigenvalue weighted by Gasteiger charge is 2.23. The molecule has 1 heterocycles. The second-order valence-corrected chi connectivity index (χ2v) is 5.76. The number of amides is 1. The number of aliphatic carboxylic acids is 2. The quantitative estimate of drug-likeness (QED) is 0.472. The van der Waals surface area contributed by atoms with E-state index in [0.717, 1.165) is 5.56 Å². The van der Waals surface area contributed by atoms with Gasteiger partial charge in [0, 0.05) is 24.9 Å². The molecule has 9 heteroatoms. The minimum atomic E-state index is -1.18. The van der Waals surface area contributed by atoms with E-state index in [1.165, 1.54) is 17.4 Å². The Labute approximate surface area is 149 Å². The highest BCUT2D eigenvalue weighted by atomic mass is 16.4. The van der Waals surface area contributed by atoms with E-state index < -0.39 is 23.9 Å². The first-order valence-electron chi connectivity index (χ1n) is 7.91. The molecule has 0 bridgehead atoms. The lowest BCUT2D eigenvalue weighted by Gasteiger charge is -2.21. The minimum Gasteiger partial charge on any atom is -0.480 e. The summed E-state index contributed by atoms with van der Waals surface area (Å²) in [6, 6.07) is 7.99. The van der Waals surface area contributed by atoms with Gasteiger partial charge in [0.2, 0.25) is 5.91 Å². The lowest BCUT2D eigenvalue weighted by atomic mass is 10.1. The van der Waals surface area contributed by atoms with Gasteiger partial charge in [-0.25, -0.2) is 9.78 Å². The zero-order valence-corrected chi connectivity index (χ0v) is 14.0. The molecule has 4 N–H and O–H groups in total. The normalized spacial score (nSPS) is 11.9. The fourth-order valence-corrected chi connectivity index (χ4v) is 2.46. The number of H-pyrrole nitrogens is 1. The van der Waals surface area contributed by atoms with Crippen LogP contribution in [0.5, 0.6) is 0 Å². The average Bonchev–Trinajstić information content (AvgIpc) is 3.07. The highest BCUT2D eigenvalue weighted by molar-refractivity contribution is 5.85. The van der Waals surface area contributed by atoms with Gasteiger partial charge >= 0.3 is 11.9 Å². The molecule has 1 amide bonds. The number of carbonyl (C=O) groups excluding carboxylic acids is 1. The lowest BCUT2D eigenvalue weighted by Crippen LogP contribution is -2.47. The van der Waals surface area contributed by atoms with Crippen molar-refractivity contribution >= 4 is 17.8 Å². The number of aromatic nitrogens is 2. The van der Waals surface area contributed by atoms with E-state index in [9.17, 15) is 19.5 Å². The molecule has 2 rings (SSSR count). The van der Waals surface area contributed by atoms with Gasteiger partial charge in [-0.1, -0.05) is 30.3 Å². The Morgan fingerprint density at radius 2 is 1.88 bits per heavy atom. The van der Waals surface area contributed by atoms with Crippen LogP contribution in [0.2, 0.25) is 0 Å². The molecule has 0 saturated carbocycles. The number of aromatic amines is 1. The smallest absolute Gasteiger partial charge is 0.326 e. The number of carboxylic acids is 2. The number of imidazole rings is 1. The third-order valence-corrected chi connectivity index (χ3v) is 3.59. The van der Waals surface area contributed by atoms with Crippen LogP contribution >= 0.6 is 0 Å². The molecule has 1 aromatic carbocycles. The Bertz CT molecular complexity index is 733. The fourth-order valence-electron chi connectivity index (χ4n) is 2.46. The molecule has 0 aliphatic heterocycles. The first-order chi connectivity index (χ1) is 12.4. The van der Waals surface area contributed by atoms with Gasteiger partial charge in [0.15, 0.2) is 0 Å². The van der Waals surface area contributed by atoms with Crippen LogP contribution in [0.1, 0.15) is 11.3 Å². The van der Waals surface area contributed by atoms with E-state index in [1.807, 2.05) is 30.3 Å². The molecule has 1 unspecified atom stereocenters. The van der Waals surface area contributed by atoms with Gasteiger partial charge in [-0.05, 0) is 5.56 Å². The molecular formula is C17H20N4O5. The number of hydrogen-bond acceptors (Lipinski definition) is 5.